The minimum absolute atomic E-state index is 0.0500. The van der Waals surface area contributed by atoms with Crippen LogP contribution in [0.15, 0.2) is 35.1 Å². The average molecular weight is 298 g/mol. The molecule has 2 heterocycles. The number of fused-ring (bicyclic) bond motifs is 1. The third kappa shape index (κ3) is 2.41. The molecule has 2 aliphatic rings. The first-order chi connectivity index (χ1) is 10.8. The SMILES string of the molecule is O=c1[nH][nH]c2c1[C@H](c1ccccc1)O[C@H](C1CCCCC1)C2. The van der Waals surface area contributed by atoms with Crippen LogP contribution in [0.3, 0.4) is 0 Å². The van der Waals surface area contributed by atoms with Crippen LogP contribution in [0, 0.1) is 5.92 Å². The molecule has 1 aliphatic heterocycles. The van der Waals surface area contributed by atoms with E-state index in [0.29, 0.717) is 5.92 Å². The van der Waals surface area contributed by atoms with E-state index in [1.165, 1.54) is 32.1 Å². The first-order valence-corrected chi connectivity index (χ1v) is 8.33. The maximum absolute atomic E-state index is 12.2. The Bertz CT molecular complexity index is 683. The lowest BCUT2D eigenvalue weighted by Crippen LogP contribution is -2.35. The normalized spacial score (nSPS) is 25.8. The third-order valence-electron chi connectivity index (χ3n) is 5.15. The molecule has 0 spiro atoms. The van der Waals surface area contributed by atoms with Crippen molar-refractivity contribution in [3.63, 3.8) is 0 Å². The van der Waals surface area contributed by atoms with E-state index < -0.39 is 0 Å². The van der Waals surface area contributed by atoms with E-state index in [-0.39, 0.29) is 17.8 Å². The standard InChI is InChI=1S/C18H22N2O2/c21-18-16-14(19-20-18)11-15(12-7-3-1-4-8-12)22-17(16)13-9-5-2-6-10-13/h2,5-6,9-10,12,15,17H,1,3-4,7-8,11H2,(H2,19,20,21)/t15-,17-/m0/s1. The van der Waals surface area contributed by atoms with Crippen molar-refractivity contribution in [1.82, 2.24) is 10.2 Å². The van der Waals surface area contributed by atoms with Gasteiger partial charge in [-0.1, -0.05) is 49.6 Å². The predicted octanol–water partition coefficient (Wildman–Crippen LogP) is 3.31. The molecular weight excluding hydrogens is 276 g/mol. The molecule has 0 unspecified atom stereocenters. The molecule has 1 saturated carbocycles. The Morgan fingerprint density at radius 2 is 1.77 bits per heavy atom. The van der Waals surface area contributed by atoms with Gasteiger partial charge < -0.3 is 9.84 Å². The Morgan fingerprint density at radius 3 is 2.55 bits per heavy atom. The molecule has 4 nitrogen and oxygen atoms in total. The number of H-pyrrole nitrogens is 2. The van der Waals surface area contributed by atoms with Gasteiger partial charge in [-0.2, -0.15) is 0 Å². The van der Waals surface area contributed by atoms with Crippen molar-refractivity contribution in [1.29, 1.82) is 0 Å². The summed E-state index contributed by atoms with van der Waals surface area (Å²) in [6, 6.07) is 10.1. The highest BCUT2D eigenvalue weighted by Gasteiger charge is 2.36. The maximum Gasteiger partial charge on any atom is 0.270 e. The van der Waals surface area contributed by atoms with E-state index in [1.807, 2.05) is 30.3 Å². The summed E-state index contributed by atoms with van der Waals surface area (Å²) in [5, 5.41) is 5.82. The summed E-state index contributed by atoms with van der Waals surface area (Å²) in [7, 11) is 0. The number of rotatable bonds is 2. The quantitative estimate of drug-likeness (QED) is 0.893. The van der Waals surface area contributed by atoms with E-state index >= 15 is 0 Å². The van der Waals surface area contributed by atoms with E-state index in [1.54, 1.807) is 0 Å². The molecule has 116 valence electrons. The molecule has 0 amide bonds. The van der Waals surface area contributed by atoms with Gasteiger partial charge in [0.2, 0.25) is 0 Å². The zero-order valence-electron chi connectivity index (χ0n) is 12.7. The van der Waals surface area contributed by atoms with Crippen molar-refractivity contribution in [2.75, 3.05) is 0 Å². The Balaban J connectivity index is 1.69. The molecule has 4 rings (SSSR count). The van der Waals surface area contributed by atoms with Gasteiger partial charge in [0.25, 0.3) is 5.56 Å². The molecule has 1 aromatic heterocycles. The number of hydrogen-bond donors (Lipinski definition) is 2. The molecule has 1 aliphatic carbocycles. The Morgan fingerprint density at radius 1 is 1.00 bits per heavy atom. The summed E-state index contributed by atoms with van der Waals surface area (Å²) >= 11 is 0. The largest absolute Gasteiger partial charge is 0.365 e. The summed E-state index contributed by atoms with van der Waals surface area (Å²) in [5.74, 6) is 0.617. The molecule has 0 radical (unpaired) electrons. The van der Waals surface area contributed by atoms with Gasteiger partial charge in [-0.3, -0.25) is 9.89 Å². The monoisotopic (exact) mass is 298 g/mol. The molecule has 0 bridgehead atoms. The fourth-order valence-electron chi connectivity index (χ4n) is 3.99. The summed E-state index contributed by atoms with van der Waals surface area (Å²) < 4.78 is 6.44. The van der Waals surface area contributed by atoms with Crippen LogP contribution in [0.2, 0.25) is 0 Å². The Labute approximate surface area is 129 Å². The smallest absolute Gasteiger partial charge is 0.270 e. The molecular formula is C18H22N2O2. The molecule has 2 atom stereocenters. The van der Waals surface area contributed by atoms with Gasteiger partial charge in [-0.05, 0) is 24.3 Å². The van der Waals surface area contributed by atoms with Crippen molar-refractivity contribution in [3.05, 3.63) is 57.5 Å². The zero-order valence-corrected chi connectivity index (χ0v) is 12.7. The van der Waals surface area contributed by atoms with Crippen LogP contribution in [0.4, 0.5) is 0 Å². The molecule has 2 aromatic rings. The fraction of sp³-hybridized carbons (Fsp3) is 0.500. The summed E-state index contributed by atoms with van der Waals surface area (Å²) in [6.45, 7) is 0. The van der Waals surface area contributed by atoms with Gasteiger partial charge in [0.05, 0.1) is 11.7 Å². The number of aromatic nitrogens is 2. The summed E-state index contributed by atoms with van der Waals surface area (Å²) in [5.41, 5.74) is 2.80. The van der Waals surface area contributed by atoms with Gasteiger partial charge >= 0.3 is 0 Å². The second-order valence-electron chi connectivity index (χ2n) is 6.54. The fourth-order valence-corrected chi connectivity index (χ4v) is 3.99. The van der Waals surface area contributed by atoms with Crippen molar-refractivity contribution in [2.24, 2.45) is 5.92 Å². The van der Waals surface area contributed by atoms with E-state index in [4.69, 9.17) is 4.74 Å². The number of ether oxygens (including phenoxy) is 1. The van der Waals surface area contributed by atoms with E-state index in [0.717, 1.165) is 23.2 Å². The lowest BCUT2D eigenvalue weighted by Gasteiger charge is -2.36. The number of nitrogens with one attached hydrogen (secondary N) is 2. The highest BCUT2D eigenvalue weighted by Crippen LogP contribution is 2.38. The highest BCUT2D eigenvalue weighted by atomic mass is 16.5. The first kappa shape index (κ1) is 13.8. The van der Waals surface area contributed by atoms with Crippen molar-refractivity contribution in [3.8, 4) is 0 Å². The molecule has 2 N–H and O–H groups in total. The lowest BCUT2D eigenvalue weighted by atomic mass is 9.81. The second-order valence-corrected chi connectivity index (χ2v) is 6.54. The van der Waals surface area contributed by atoms with E-state index in [9.17, 15) is 4.79 Å². The first-order valence-electron chi connectivity index (χ1n) is 8.33. The summed E-state index contributed by atoms with van der Waals surface area (Å²) in [4.78, 5) is 12.2. The molecule has 0 saturated heterocycles. The van der Waals surface area contributed by atoms with Gasteiger partial charge in [0.15, 0.2) is 0 Å². The van der Waals surface area contributed by atoms with Crippen LogP contribution >= 0.6 is 0 Å². The molecule has 1 aromatic carbocycles. The van der Waals surface area contributed by atoms with Crippen LogP contribution in [0.1, 0.15) is 55.0 Å². The topological polar surface area (TPSA) is 57.9 Å². The van der Waals surface area contributed by atoms with Crippen LogP contribution in [-0.2, 0) is 11.2 Å². The minimum atomic E-state index is -0.244. The van der Waals surface area contributed by atoms with Gasteiger partial charge in [-0.15, -0.1) is 0 Å². The number of hydrogen-bond acceptors (Lipinski definition) is 2. The lowest BCUT2D eigenvalue weighted by molar-refractivity contribution is -0.0465. The molecule has 22 heavy (non-hydrogen) atoms. The van der Waals surface area contributed by atoms with Crippen molar-refractivity contribution in [2.45, 2.75) is 50.7 Å². The third-order valence-corrected chi connectivity index (χ3v) is 5.15. The molecule has 1 fully saturated rings. The number of benzene rings is 1. The van der Waals surface area contributed by atoms with Gasteiger partial charge in [-0.25, -0.2) is 0 Å². The van der Waals surface area contributed by atoms with Crippen molar-refractivity contribution < 1.29 is 4.74 Å². The number of aromatic amines is 2. The van der Waals surface area contributed by atoms with E-state index in [2.05, 4.69) is 10.2 Å². The second kappa shape index (κ2) is 5.76. The predicted molar refractivity (Wildman–Crippen MR) is 84.9 cm³/mol. The highest BCUT2D eigenvalue weighted by molar-refractivity contribution is 5.33. The van der Waals surface area contributed by atoms with Crippen LogP contribution in [0.25, 0.3) is 0 Å². The Hall–Kier alpha value is -1.81. The Kier molecular flexibility index (Phi) is 3.62. The summed E-state index contributed by atoms with van der Waals surface area (Å²) in [6.07, 6.45) is 7.23. The van der Waals surface area contributed by atoms with Crippen LogP contribution in [0.5, 0.6) is 0 Å². The maximum atomic E-state index is 12.2. The van der Waals surface area contributed by atoms with Crippen LogP contribution in [-0.4, -0.2) is 16.3 Å². The van der Waals surface area contributed by atoms with Gasteiger partial charge in [0.1, 0.15) is 6.10 Å². The average Bonchev–Trinajstić information content (AvgIpc) is 2.97. The zero-order chi connectivity index (χ0) is 14.9. The molecule has 4 heteroatoms. The van der Waals surface area contributed by atoms with Crippen LogP contribution < -0.4 is 5.56 Å². The van der Waals surface area contributed by atoms with Crippen molar-refractivity contribution >= 4 is 0 Å². The minimum Gasteiger partial charge on any atom is -0.365 e. The van der Waals surface area contributed by atoms with Gasteiger partial charge in [0, 0.05) is 12.1 Å².